The van der Waals surface area contributed by atoms with Gasteiger partial charge in [-0.05, 0) is 18.6 Å². The lowest BCUT2D eigenvalue weighted by Gasteiger charge is -2.08. The first-order valence-electron chi connectivity index (χ1n) is 6.51. The van der Waals surface area contributed by atoms with Gasteiger partial charge in [0.05, 0.1) is 12.0 Å². The predicted octanol–water partition coefficient (Wildman–Crippen LogP) is 2.84. The third kappa shape index (κ3) is 1.98. The van der Waals surface area contributed by atoms with E-state index in [1.165, 1.54) is 0 Å². The van der Waals surface area contributed by atoms with Crippen molar-refractivity contribution in [3.63, 3.8) is 0 Å². The molecule has 0 amide bonds. The maximum Gasteiger partial charge on any atom is 0.344 e. The molecule has 0 fully saturated rings. The van der Waals surface area contributed by atoms with Crippen LogP contribution in [0.5, 0.6) is 0 Å². The molecule has 0 spiro atoms. The number of fused-ring (bicyclic) bond motifs is 3. The van der Waals surface area contributed by atoms with E-state index < -0.39 is 0 Å². The molecule has 0 saturated heterocycles. The number of nitrogens with zero attached hydrogens (tertiary/aromatic N) is 1. The van der Waals surface area contributed by atoms with Crippen molar-refractivity contribution in [1.29, 1.82) is 0 Å². The molecular formula is C16H15NO3. The molecule has 0 atom stereocenters. The summed E-state index contributed by atoms with van der Waals surface area (Å²) in [6.07, 6.45) is 2.44. The first-order chi connectivity index (χ1) is 9.72. The fraction of sp³-hybridized carbons (Fsp3) is 0.250. The van der Waals surface area contributed by atoms with Gasteiger partial charge in [0.15, 0.2) is 0 Å². The maximum atomic E-state index is 12.2. The molecule has 0 aliphatic rings. The Hall–Kier alpha value is -2.20. The Morgan fingerprint density at radius 3 is 2.85 bits per heavy atom. The molecule has 2 aromatic heterocycles. The molecule has 0 unspecified atom stereocenters. The van der Waals surface area contributed by atoms with E-state index in [4.69, 9.17) is 9.15 Å². The minimum Gasteiger partial charge on any atom is -0.422 e. The SMILES string of the molecule is COCCc1ncc2c(c1C)c(=O)oc1ccccc12. The van der Waals surface area contributed by atoms with Crippen LogP contribution in [-0.4, -0.2) is 18.7 Å². The van der Waals surface area contributed by atoms with Gasteiger partial charge in [-0.3, -0.25) is 4.98 Å². The van der Waals surface area contributed by atoms with Gasteiger partial charge in [-0.15, -0.1) is 0 Å². The van der Waals surface area contributed by atoms with Gasteiger partial charge < -0.3 is 9.15 Å². The largest absolute Gasteiger partial charge is 0.422 e. The summed E-state index contributed by atoms with van der Waals surface area (Å²) >= 11 is 0. The first kappa shape index (κ1) is 12.8. The number of aromatic nitrogens is 1. The highest BCUT2D eigenvalue weighted by Gasteiger charge is 2.12. The summed E-state index contributed by atoms with van der Waals surface area (Å²) in [5.41, 5.74) is 2.04. The second-order valence-electron chi connectivity index (χ2n) is 4.75. The van der Waals surface area contributed by atoms with E-state index in [0.717, 1.165) is 22.0 Å². The van der Waals surface area contributed by atoms with Crippen LogP contribution in [0.2, 0.25) is 0 Å². The molecule has 2 heterocycles. The van der Waals surface area contributed by atoms with Crippen LogP contribution in [-0.2, 0) is 11.2 Å². The molecule has 102 valence electrons. The molecule has 0 radical (unpaired) electrons. The van der Waals surface area contributed by atoms with Gasteiger partial charge >= 0.3 is 5.63 Å². The van der Waals surface area contributed by atoms with Crippen LogP contribution in [0.15, 0.2) is 39.7 Å². The highest BCUT2D eigenvalue weighted by molar-refractivity contribution is 6.04. The van der Waals surface area contributed by atoms with Crippen molar-refractivity contribution in [1.82, 2.24) is 4.98 Å². The molecule has 3 aromatic rings. The summed E-state index contributed by atoms with van der Waals surface area (Å²) in [6, 6.07) is 7.52. The van der Waals surface area contributed by atoms with Crippen molar-refractivity contribution in [3.05, 3.63) is 52.1 Å². The summed E-state index contributed by atoms with van der Waals surface area (Å²) in [6.45, 7) is 2.49. The zero-order valence-corrected chi connectivity index (χ0v) is 11.5. The van der Waals surface area contributed by atoms with E-state index in [0.29, 0.717) is 24.0 Å². The molecular weight excluding hydrogens is 254 g/mol. The average molecular weight is 269 g/mol. The number of rotatable bonds is 3. The molecule has 0 aliphatic carbocycles. The molecule has 20 heavy (non-hydrogen) atoms. The number of hydrogen-bond acceptors (Lipinski definition) is 4. The van der Waals surface area contributed by atoms with Crippen LogP contribution in [0.4, 0.5) is 0 Å². The van der Waals surface area contributed by atoms with Crippen molar-refractivity contribution in [2.24, 2.45) is 0 Å². The number of aryl methyl sites for hydroxylation is 1. The van der Waals surface area contributed by atoms with Gasteiger partial charge in [0.2, 0.25) is 0 Å². The normalized spacial score (nSPS) is 11.3. The maximum absolute atomic E-state index is 12.2. The summed E-state index contributed by atoms with van der Waals surface area (Å²) in [4.78, 5) is 16.7. The molecule has 0 aliphatic heterocycles. The van der Waals surface area contributed by atoms with Crippen molar-refractivity contribution in [3.8, 4) is 0 Å². The molecule has 1 aromatic carbocycles. The summed E-state index contributed by atoms with van der Waals surface area (Å²) < 4.78 is 10.5. The van der Waals surface area contributed by atoms with Gasteiger partial charge in [-0.1, -0.05) is 18.2 Å². The van der Waals surface area contributed by atoms with Crippen molar-refractivity contribution in [2.45, 2.75) is 13.3 Å². The number of hydrogen-bond donors (Lipinski definition) is 0. The average Bonchev–Trinajstić information content (AvgIpc) is 2.46. The van der Waals surface area contributed by atoms with Crippen molar-refractivity contribution in [2.75, 3.05) is 13.7 Å². The number of methoxy groups -OCH3 is 1. The van der Waals surface area contributed by atoms with Crippen LogP contribution in [0.3, 0.4) is 0 Å². The van der Waals surface area contributed by atoms with Gasteiger partial charge in [-0.2, -0.15) is 0 Å². The third-order valence-electron chi connectivity index (χ3n) is 3.55. The lowest BCUT2D eigenvalue weighted by Crippen LogP contribution is -2.07. The molecule has 4 nitrogen and oxygen atoms in total. The van der Waals surface area contributed by atoms with E-state index in [-0.39, 0.29) is 5.63 Å². The van der Waals surface area contributed by atoms with E-state index in [1.807, 2.05) is 25.1 Å². The van der Waals surface area contributed by atoms with Crippen LogP contribution in [0.1, 0.15) is 11.3 Å². The Morgan fingerprint density at radius 2 is 2.05 bits per heavy atom. The van der Waals surface area contributed by atoms with Gasteiger partial charge in [0.25, 0.3) is 0 Å². The fourth-order valence-electron chi connectivity index (χ4n) is 2.50. The lowest BCUT2D eigenvalue weighted by atomic mass is 10.0. The molecule has 3 rings (SSSR count). The predicted molar refractivity (Wildman–Crippen MR) is 78.1 cm³/mol. The third-order valence-corrected chi connectivity index (χ3v) is 3.55. The molecule has 0 N–H and O–H groups in total. The fourth-order valence-corrected chi connectivity index (χ4v) is 2.50. The summed E-state index contributed by atoms with van der Waals surface area (Å²) in [5, 5.41) is 2.37. The topological polar surface area (TPSA) is 52.3 Å². The smallest absolute Gasteiger partial charge is 0.344 e. The highest BCUT2D eigenvalue weighted by atomic mass is 16.5. The summed E-state index contributed by atoms with van der Waals surface area (Å²) in [5.74, 6) is 0. The summed E-state index contributed by atoms with van der Waals surface area (Å²) in [7, 11) is 1.65. The molecule has 4 heteroatoms. The van der Waals surface area contributed by atoms with Gasteiger partial charge in [0, 0.05) is 36.2 Å². The van der Waals surface area contributed by atoms with Crippen LogP contribution in [0.25, 0.3) is 21.7 Å². The molecule has 0 saturated carbocycles. The van der Waals surface area contributed by atoms with E-state index in [1.54, 1.807) is 19.4 Å². The van der Waals surface area contributed by atoms with Crippen LogP contribution < -0.4 is 5.63 Å². The zero-order valence-electron chi connectivity index (χ0n) is 11.5. The Labute approximate surface area is 116 Å². The number of pyridine rings is 1. The Morgan fingerprint density at radius 1 is 1.25 bits per heavy atom. The number of benzene rings is 1. The number of ether oxygens (including phenoxy) is 1. The highest BCUT2D eigenvalue weighted by Crippen LogP contribution is 2.25. The van der Waals surface area contributed by atoms with Gasteiger partial charge in [0.1, 0.15) is 5.58 Å². The van der Waals surface area contributed by atoms with E-state index in [9.17, 15) is 4.79 Å². The van der Waals surface area contributed by atoms with E-state index >= 15 is 0 Å². The van der Waals surface area contributed by atoms with Crippen molar-refractivity contribution >= 4 is 21.7 Å². The molecule has 0 bridgehead atoms. The van der Waals surface area contributed by atoms with E-state index in [2.05, 4.69) is 4.98 Å². The standard InChI is InChI=1S/C16H15NO3/c1-10-13(7-8-19-2)17-9-12-11-5-3-4-6-14(11)20-16(18)15(10)12/h3-6,9H,7-8H2,1-2H3. The van der Waals surface area contributed by atoms with Crippen molar-refractivity contribution < 1.29 is 9.15 Å². The monoisotopic (exact) mass is 269 g/mol. The Balaban J connectivity index is 2.35. The Kier molecular flexibility index (Phi) is 3.24. The number of para-hydroxylation sites is 1. The zero-order chi connectivity index (χ0) is 14.1. The van der Waals surface area contributed by atoms with Gasteiger partial charge in [-0.25, -0.2) is 4.79 Å². The van der Waals surface area contributed by atoms with Crippen LogP contribution >= 0.6 is 0 Å². The minimum absolute atomic E-state index is 0.308. The lowest BCUT2D eigenvalue weighted by molar-refractivity contribution is 0.201. The first-order valence-corrected chi connectivity index (χ1v) is 6.51. The Bertz CT molecular complexity index is 836. The second kappa shape index (κ2) is 5.06. The minimum atomic E-state index is -0.308. The van der Waals surface area contributed by atoms with Crippen LogP contribution in [0, 0.1) is 6.92 Å². The second-order valence-corrected chi connectivity index (χ2v) is 4.75. The quantitative estimate of drug-likeness (QED) is 0.542.